The lowest BCUT2D eigenvalue weighted by Gasteiger charge is -2.25. The molecular weight excluding hydrogens is 354 g/mol. The van der Waals surface area contributed by atoms with Crippen molar-refractivity contribution in [3.8, 4) is 0 Å². The number of nitrogens with zero attached hydrogens (tertiary/aromatic N) is 3. The van der Waals surface area contributed by atoms with Crippen molar-refractivity contribution < 1.29 is 14.7 Å². The van der Waals surface area contributed by atoms with Crippen LogP contribution < -0.4 is 4.90 Å². The zero-order valence-electron chi connectivity index (χ0n) is 14.5. The Morgan fingerprint density at radius 3 is 2.85 bits per heavy atom. The Morgan fingerprint density at radius 2 is 2.15 bits per heavy atom. The van der Waals surface area contributed by atoms with E-state index in [9.17, 15) is 14.7 Å². The summed E-state index contributed by atoms with van der Waals surface area (Å²) in [5, 5.41) is 11.4. The van der Waals surface area contributed by atoms with Crippen molar-refractivity contribution in [2.24, 2.45) is 11.3 Å². The zero-order valence-corrected chi connectivity index (χ0v) is 15.2. The van der Waals surface area contributed by atoms with Crippen LogP contribution in [-0.2, 0) is 9.59 Å². The van der Waals surface area contributed by atoms with Crippen LogP contribution in [0.3, 0.4) is 0 Å². The van der Waals surface area contributed by atoms with Crippen LogP contribution in [0.1, 0.15) is 13.3 Å². The number of carboxylic acids is 1. The lowest BCUT2D eigenvalue weighted by molar-refractivity contribution is -0.149. The largest absolute Gasteiger partial charge is 0.481 e. The van der Waals surface area contributed by atoms with Gasteiger partial charge in [0.1, 0.15) is 11.2 Å². The average Bonchev–Trinajstić information content (AvgIpc) is 3.12. The third kappa shape index (κ3) is 2.43. The van der Waals surface area contributed by atoms with Crippen LogP contribution in [0.2, 0.25) is 5.02 Å². The smallest absolute Gasteiger partial charge is 0.314 e. The summed E-state index contributed by atoms with van der Waals surface area (Å²) in [6.07, 6.45) is 0.822. The molecule has 2 aromatic rings. The molecule has 3 heterocycles. The number of pyridine rings is 1. The van der Waals surface area contributed by atoms with Crippen molar-refractivity contribution >= 4 is 40.2 Å². The van der Waals surface area contributed by atoms with Crippen LogP contribution in [-0.4, -0.2) is 53.0 Å². The number of halogens is 1. The first-order valence-electron chi connectivity index (χ1n) is 8.78. The first kappa shape index (κ1) is 17.1. The van der Waals surface area contributed by atoms with Crippen LogP contribution in [0, 0.1) is 11.3 Å². The zero-order chi connectivity index (χ0) is 18.5. The fourth-order valence-corrected chi connectivity index (χ4v) is 4.44. The molecule has 2 aliphatic heterocycles. The molecule has 2 aliphatic rings. The van der Waals surface area contributed by atoms with Gasteiger partial charge in [0.05, 0.1) is 16.5 Å². The molecule has 0 unspecified atom stereocenters. The topological polar surface area (TPSA) is 73.7 Å². The molecule has 2 atom stereocenters. The number of hydrogen-bond donors (Lipinski definition) is 1. The van der Waals surface area contributed by atoms with Gasteiger partial charge in [-0.05, 0) is 24.6 Å². The second kappa shape index (κ2) is 6.13. The average molecular weight is 374 g/mol. The SMILES string of the molecule is CCCN1C[C@@]2(C(=O)O)CN(c3ccc4cccc(Cl)c4n3)C[C@H]2C1=O. The van der Waals surface area contributed by atoms with E-state index in [0.29, 0.717) is 29.4 Å². The Kier molecular flexibility index (Phi) is 4.03. The predicted molar refractivity (Wildman–Crippen MR) is 99.4 cm³/mol. The molecule has 0 aliphatic carbocycles. The van der Waals surface area contributed by atoms with Gasteiger partial charge in [-0.25, -0.2) is 4.98 Å². The summed E-state index contributed by atoms with van der Waals surface area (Å²) >= 11 is 6.25. The summed E-state index contributed by atoms with van der Waals surface area (Å²) < 4.78 is 0. The fraction of sp³-hybridized carbons (Fsp3) is 0.421. The second-order valence-electron chi connectivity index (χ2n) is 7.14. The number of fused-ring (bicyclic) bond motifs is 2. The summed E-state index contributed by atoms with van der Waals surface area (Å²) in [5.41, 5.74) is -0.379. The fourth-order valence-electron chi connectivity index (χ4n) is 4.22. The van der Waals surface area contributed by atoms with Gasteiger partial charge in [0.2, 0.25) is 5.91 Å². The van der Waals surface area contributed by atoms with Gasteiger partial charge in [0.25, 0.3) is 0 Å². The molecule has 1 aromatic heterocycles. The molecule has 1 aromatic carbocycles. The Morgan fingerprint density at radius 1 is 1.35 bits per heavy atom. The minimum Gasteiger partial charge on any atom is -0.481 e. The third-order valence-electron chi connectivity index (χ3n) is 5.53. The van der Waals surface area contributed by atoms with Gasteiger partial charge in [0, 0.05) is 31.6 Å². The first-order valence-corrected chi connectivity index (χ1v) is 9.16. The number of amides is 1. The van der Waals surface area contributed by atoms with E-state index >= 15 is 0 Å². The highest BCUT2D eigenvalue weighted by atomic mass is 35.5. The standard InChI is InChI=1S/C19H20ClN3O3/c1-2-8-22-10-19(18(25)26)11-23(9-13(19)17(22)24)15-7-6-12-4-3-5-14(20)16(12)21-15/h3-7,13H,2,8-11H2,1H3,(H,25,26)/t13-,19+/m0/s1. The van der Waals surface area contributed by atoms with E-state index in [1.165, 1.54) is 0 Å². The van der Waals surface area contributed by atoms with Crippen molar-refractivity contribution in [1.82, 2.24) is 9.88 Å². The van der Waals surface area contributed by atoms with Crippen LogP contribution in [0.4, 0.5) is 5.82 Å². The molecule has 2 saturated heterocycles. The lowest BCUT2D eigenvalue weighted by Crippen LogP contribution is -2.41. The van der Waals surface area contributed by atoms with Gasteiger partial charge in [-0.1, -0.05) is 30.7 Å². The molecule has 2 fully saturated rings. The van der Waals surface area contributed by atoms with Crippen LogP contribution in [0.5, 0.6) is 0 Å². The molecule has 0 spiro atoms. The number of carbonyl (C=O) groups is 2. The summed E-state index contributed by atoms with van der Waals surface area (Å²) in [6, 6.07) is 9.37. The maximum atomic E-state index is 12.7. The third-order valence-corrected chi connectivity index (χ3v) is 5.83. The van der Waals surface area contributed by atoms with E-state index in [1.54, 1.807) is 11.0 Å². The number of anilines is 1. The van der Waals surface area contributed by atoms with E-state index in [-0.39, 0.29) is 19.0 Å². The highest BCUT2D eigenvalue weighted by Gasteiger charge is 2.62. The van der Waals surface area contributed by atoms with Crippen LogP contribution >= 0.6 is 11.6 Å². The number of rotatable bonds is 4. The van der Waals surface area contributed by atoms with E-state index in [2.05, 4.69) is 4.98 Å². The van der Waals surface area contributed by atoms with Gasteiger partial charge < -0.3 is 14.9 Å². The highest BCUT2D eigenvalue weighted by molar-refractivity contribution is 6.35. The van der Waals surface area contributed by atoms with Crippen molar-refractivity contribution in [1.29, 1.82) is 0 Å². The summed E-state index contributed by atoms with van der Waals surface area (Å²) in [6.45, 7) is 3.51. The molecular formula is C19H20ClN3O3. The maximum absolute atomic E-state index is 12.7. The van der Waals surface area contributed by atoms with E-state index in [0.717, 1.165) is 11.8 Å². The molecule has 4 rings (SSSR count). The van der Waals surface area contributed by atoms with E-state index < -0.39 is 17.3 Å². The number of benzene rings is 1. The summed E-state index contributed by atoms with van der Waals surface area (Å²) in [4.78, 5) is 33.1. The van der Waals surface area contributed by atoms with Gasteiger partial charge >= 0.3 is 5.97 Å². The molecule has 0 saturated carbocycles. The normalized spacial score (nSPS) is 25.2. The minimum absolute atomic E-state index is 0.0597. The van der Waals surface area contributed by atoms with E-state index in [1.807, 2.05) is 36.1 Å². The monoisotopic (exact) mass is 373 g/mol. The summed E-state index contributed by atoms with van der Waals surface area (Å²) in [7, 11) is 0. The minimum atomic E-state index is -1.07. The molecule has 1 N–H and O–H groups in total. The molecule has 0 bridgehead atoms. The number of para-hydroxylation sites is 1. The summed E-state index contributed by atoms with van der Waals surface area (Å²) in [5.74, 6) is -0.836. The van der Waals surface area contributed by atoms with Crippen LogP contribution in [0.15, 0.2) is 30.3 Å². The van der Waals surface area contributed by atoms with Crippen LogP contribution in [0.25, 0.3) is 10.9 Å². The first-order chi connectivity index (χ1) is 12.5. The lowest BCUT2D eigenvalue weighted by atomic mass is 9.81. The molecule has 136 valence electrons. The van der Waals surface area contributed by atoms with Gasteiger partial charge in [-0.2, -0.15) is 0 Å². The molecule has 7 heteroatoms. The predicted octanol–water partition coefficient (Wildman–Crippen LogP) is 2.65. The van der Waals surface area contributed by atoms with Crippen molar-refractivity contribution in [3.63, 3.8) is 0 Å². The van der Waals surface area contributed by atoms with E-state index in [4.69, 9.17) is 11.6 Å². The molecule has 26 heavy (non-hydrogen) atoms. The Balaban J connectivity index is 1.68. The maximum Gasteiger partial charge on any atom is 0.314 e. The number of hydrogen-bond acceptors (Lipinski definition) is 4. The molecule has 0 radical (unpaired) electrons. The second-order valence-corrected chi connectivity index (χ2v) is 7.54. The number of aromatic nitrogens is 1. The number of carboxylic acid groups (broad SMARTS) is 1. The number of carbonyl (C=O) groups excluding carboxylic acids is 1. The van der Waals surface area contributed by atoms with Crippen molar-refractivity contribution in [2.75, 3.05) is 31.1 Å². The number of aliphatic carboxylic acids is 1. The Hall–Kier alpha value is -2.34. The quantitative estimate of drug-likeness (QED) is 0.891. The molecule has 6 nitrogen and oxygen atoms in total. The Labute approximate surface area is 156 Å². The van der Waals surface area contributed by atoms with Gasteiger partial charge in [0.15, 0.2) is 0 Å². The van der Waals surface area contributed by atoms with Gasteiger partial charge in [-0.15, -0.1) is 0 Å². The van der Waals surface area contributed by atoms with Crippen molar-refractivity contribution in [3.05, 3.63) is 35.4 Å². The highest BCUT2D eigenvalue weighted by Crippen LogP contribution is 2.45. The molecule has 1 amide bonds. The van der Waals surface area contributed by atoms with Gasteiger partial charge in [-0.3, -0.25) is 9.59 Å². The number of likely N-dealkylation sites (tertiary alicyclic amines) is 1. The Bertz CT molecular complexity index is 903. The van der Waals surface area contributed by atoms with Crippen molar-refractivity contribution in [2.45, 2.75) is 13.3 Å².